The highest BCUT2D eigenvalue weighted by molar-refractivity contribution is 14.1. The van der Waals surface area contributed by atoms with Gasteiger partial charge in [-0.3, -0.25) is 9.59 Å². The van der Waals surface area contributed by atoms with Gasteiger partial charge in [0.2, 0.25) is 0 Å². The van der Waals surface area contributed by atoms with Crippen molar-refractivity contribution in [1.82, 2.24) is 0 Å². The highest BCUT2D eigenvalue weighted by Gasteiger charge is 2.13. The van der Waals surface area contributed by atoms with Gasteiger partial charge < -0.3 is 0 Å². The van der Waals surface area contributed by atoms with Crippen LogP contribution in [0, 0.1) is 3.57 Å². The fourth-order valence-electron chi connectivity index (χ4n) is 1.62. The van der Waals surface area contributed by atoms with Gasteiger partial charge in [-0.15, -0.1) is 0 Å². The maximum atomic E-state index is 12.0. The molecule has 2 aromatic rings. The second kappa shape index (κ2) is 6.43. The predicted molar refractivity (Wildman–Crippen MR) is 86.6 cm³/mol. The minimum absolute atomic E-state index is 0.0950. The first-order chi connectivity index (χ1) is 9.06. The van der Waals surface area contributed by atoms with Crippen molar-refractivity contribution in [3.05, 3.63) is 67.7 Å². The molecule has 96 valence electrons. The summed E-state index contributed by atoms with van der Waals surface area (Å²) in [7, 11) is 0. The summed E-state index contributed by atoms with van der Waals surface area (Å²) < 4.78 is 1.97. The standard InChI is InChI=1S/C15H10BrIO2/c16-12-5-1-10(2-6-12)14(18)9-15(19)11-3-7-13(17)8-4-11/h1-8H,9H2. The summed E-state index contributed by atoms with van der Waals surface area (Å²) in [5, 5.41) is 0. The Kier molecular flexibility index (Phi) is 4.87. The zero-order valence-corrected chi connectivity index (χ0v) is 13.6. The van der Waals surface area contributed by atoms with Crippen molar-refractivity contribution in [3.8, 4) is 0 Å². The normalized spacial score (nSPS) is 10.2. The van der Waals surface area contributed by atoms with Crippen molar-refractivity contribution < 1.29 is 9.59 Å². The van der Waals surface area contributed by atoms with Gasteiger partial charge in [-0.25, -0.2) is 0 Å². The van der Waals surface area contributed by atoms with Gasteiger partial charge in [0.15, 0.2) is 11.6 Å². The SMILES string of the molecule is O=C(CC(=O)c1ccc(I)cc1)c1ccc(Br)cc1. The number of ketones is 2. The minimum atomic E-state index is -0.156. The topological polar surface area (TPSA) is 34.1 Å². The molecule has 0 aliphatic heterocycles. The third-order valence-corrected chi connectivity index (χ3v) is 3.90. The molecule has 0 spiro atoms. The summed E-state index contributed by atoms with van der Waals surface area (Å²) in [6.45, 7) is 0. The lowest BCUT2D eigenvalue weighted by Crippen LogP contribution is -2.08. The minimum Gasteiger partial charge on any atom is -0.294 e. The van der Waals surface area contributed by atoms with E-state index in [1.165, 1.54) is 0 Å². The summed E-state index contributed by atoms with van der Waals surface area (Å²) >= 11 is 5.48. The first-order valence-corrected chi connectivity index (χ1v) is 7.51. The van der Waals surface area contributed by atoms with Crippen LogP contribution in [0.2, 0.25) is 0 Å². The molecule has 0 unspecified atom stereocenters. The lowest BCUT2D eigenvalue weighted by molar-refractivity contribution is 0.0894. The average Bonchev–Trinajstić information content (AvgIpc) is 2.40. The van der Waals surface area contributed by atoms with Crippen LogP contribution in [-0.4, -0.2) is 11.6 Å². The average molecular weight is 429 g/mol. The second-order valence-electron chi connectivity index (χ2n) is 4.04. The summed E-state index contributed by atoms with van der Waals surface area (Å²) in [6, 6.07) is 14.2. The molecule has 2 rings (SSSR count). The molecule has 2 nitrogen and oxygen atoms in total. The van der Waals surface area contributed by atoms with Crippen molar-refractivity contribution in [1.29, 1.82) is 0 Å². The van der Waals surface area contributed by atoms with E-state index in [0.717, 1.165) is 8.04 Å². The van der Waals surface area contributed by atoms with Crippen molar-refractivity contribution in [2.24, 2.45) is 0 Å². The van der Waals surface area contributed by atoms with Crippen LogP contribution in [-0.2, 0) is 0 Å². The van der Waals surface area contributed by atoms with E-state index in [2.05, 4.69) is 38.5 Å². The van der Waals surface area contributed by atoms with Gasteiger partial charge >= 0.3 is 0 Å². The van der Waals surface area contributed by atoms with Gasteiger partial charge in [-0.2, -0.15) is 0 Å². The quantitative estimate of drug-likeness (QED) is 0.408. The van der Waals surface area contributed by atoms with Gasteiger partial charge in [0, 0.05) is 19.2 Å². The highest BCUT2D eigenvalue weighted by atomic mass is 127. The zero-order valence-electron chi connectivity index (χ0n) is 9.90. The number of hydrogen-bond donors (Lipinski definition) is 0. The van der Waals surface area contributed by atoms with E-state index in [1.807, 2.05) is 12.1 Å². The Morgan fingerprint density at radius 3 is 1.74 bits per heavy atom. The Balaban J connectivity index is 2.08. The lowest BCUT2D eigenvalue weighted by atomic mass is 10.0. The first kappa shape index (κ1) is 14.4. The van der Waals surface area contributed by atoms with Crippen LogP contribution < -0.4 is 0 Å². The van der Waals surface area contributed by atoms with E-state index in [1.54, 1.807) is 36.4 Å². The molecule has 0 aliphatic rings. The zero-order chi connectivity index (χ0) is 13.8. The number of carbonyl (C=O) groups excluding carboxylic acids is 2. The van der Waals surface area contributed by atoms with E-state index < -0.39 is 0 Å². The van der Waals surface area contributed by atoms with Gasteiger partial charge in [-0.05, 0) is 46.9 Å². The number of halogens is 2. The number of Topliss-reactive ketones (excluding diaryl/α,β-unsaturated/α-hetero) is 2. The van der Waals surface area contributed by atoms with Crippen LogP contribution >= 0.6 is 38.5 Å². The van der Waals surface area contributed by atoms with E-state index in [9.17, 15) is 9.59 Å². The predicted octanol–water partition coefficient (Wildman–Crippen LogP) is 4.51. The van der Waals surface area contributed by atoms with Crippen LogP contribution in [0.1, 0.15) is 27.1 Å². The van der Waals surface area contributed by atoms with E-state index in [4.69, 9.17) is 0 Å². The molecule has 0 atom stereocenters. The Morgan fingerprint density at radius 2 is 1.26 bits per heavy atom. The Bertz CT molecular complexity index is 548. The van der Waals surface area contributed by atoms with Crippen LogP contribution in [0.15, 0.2) is 53.0 Å². The number of benzene rings is 2. The van der Waals surface area contributed by atoms with E-state index in [0.29, 0.717) is 11.1 Å². The van der Waals surface area contributed by atoms with Gasteiger partial charge in [0.05, 0.1) is 6.42 Å². The third-order valence-electron chi connectivity index (χ3n) is 2.65. The molecule has 0 heterocycles. The molecule has 0 saturated carbocycles. The number of hydrogen-bond acceptors (Lipinski definition) is 2. The molecule has 0 aromatic heterocycles. The maximum absolute atomic E-state index is 12.0. The van der Waals surface area contributed by atoms with Gasteiger partial charge in [0.1, 0.15) is 0 Å². The molecular weight excluding hydrogens is 419 g/mol. The molecule has 0 N–H and O–H groups in total. The molecule has 4 heteroatoms. The molecule has 0 saturated heterocycles. The Hall–Kier alpha value is -1.01. The largest absolute Gasteiger partial charge is 0.294 e. The molecule has 2 aromatic carbocycles. The van der Waals surface area contributed by atoms with Crippen LogP contribution in [0.4, 0.5) is 0 Å². The molecule has 19 heavy (non-hydrogen) atoms. The number of rotatable bonds is 4. The smallest absolute Gasteiger partial charge is 0.170 e. The van der Waals surface area contributed by atoms with Crippen LogP contribution in [0.25, 0.3) is 0 Å². The molecule has 0 amide bonds. The lowest BCUT2D eigenvalue weighted by Gasteiger charge is -2.02. The number of carbonyl (C=O) groups is 2. The van der Waals surface area contributed by atoms with Crippen molar-refractivity contribution in [2.45, 2.75) is 6.42 Å². The molecule has 0 radical (unpaired) electrons. The Labute approximate surface area is 133 Å². The molecule has 0 bridgehead atoms. The van der Waals surface area contributed by atoms with Crippen molar-refractivity contribution >= 4 is 50.1 Å². The van der Waals surface area contributed by atoms with Crippen molar-refractivity contribution in [2.75, 3.05) is 0 Å². The van der Waals surface area contributed by atoms with Gasteiger partial charge in [0.25, 0.3) is 0 Å². The molecule has 0 fully saturated rings. The summed E-state index contributed by atoms with van der Waals surface area (Å²) in [5.41, 5.74) is 1.13. The molecular formula is C15H10BrIO2. The van der Waals surface area contributed by atoms with E-state index in [-0.39, 0.29) is 18.0 Å². The highest BCUT2D eigenvalue weighted by Crippen LogP contribution is 2.14. The monoisotopic (exact) mass is 428 g/mol. The summed E-state index contributed by atoms with van der Waals surface area (Å²) in [5.74, 6) is -0.305. The maximum Gasteiger partial charge on any atom is 0.170 e. The summed E-state index contributed by atoms with van der Waals surface area (Å²) in [4.78, 5) is 23.9. The summed E-state index contributed by atoms with van der Waals surface area (Å²) in [6.07, 6.45) is -0.0950. The Morgan fingerprint density at radius 1 is 0.842 bits per heavy atom. The van der Waals surface area contributed by atoms with E-state index >= 15 is 0 Å². The van der Waals surface area contributed by atoms with Crippen molar-refractivity contribution in [3.63, 3.8) is 0 Å². The fraction of sp³-hybridized carbons (Fsp3) is 0.0667. The first-order valence-electron chi connectivity index (χ1n) is 5.64. The van der Waals surface area contributed by atoms with Crippen LogP contribution in [0.5, 0.6) is 0 Å². The van der Waals surface area contributed by atoms with Crippen LogP contribution in [0.3, 0.4) is 0 Å². The third kappa shape index (κ3) is 3.98. The van der Waals surface area contributed by atoms with Gasteiger partial charge in [-0.1, -0.05) is 40.2 Å². The molecule has 0 aliphatic carbocycles. The fourth-order valence-corrected chi connectivity index (χ4v) is 2.25. The second-order valence-corrected chi connectivity index (χ2v) is 6.20.